The average molecular weight is 239 g/mol. The summed E-state index contributed by atoms with van der Waals surface area (Å²) in [5.74, 6) is -0.829. The van der Waals surface area contributed by atoms with E-state index in [2.05, 4.69) is 5.32 Å². The zero-order valence-corrected chi connectivity index (χ0v) is 9.71. The molecule has 1 rings (SSSR count). The van der Waals surface area contributed by atoms with Crippen molar-refractivity contribution >= 4 is 23.6 Å². The van der Waals surface area contributed by atoms with Gasteiger partial charge in [-0.3, -0.25) is 4.79 Å². The van der Waals surface area contributed by atoms with E-state index in [9.17, 15) is 9.59 Å². The van der Waals surface area contributed by atoms with Gasteiger partial charge in [-0.1, -0.05) is 12.1 Å². The first-order valence-electron chi connectivity index (χ1n) is 4.87. The summed E-state index contributed by atoms with van der Waals surface area (Å²) in [4.78, 5) is 22.7. The predicted octanol–water partition coefficient (Wildman–Crippen LogP) is 1.61. The number of amides is 1. The Labute approximate surface area is 98.0 Å². The summed E-state index contributed by atoms with van der Waals surface area (Å²) in [5, 5.41) is 11.6. The van der Waals surface area contributed by atoms with Crippen molar-refractivity contribution in [1.82, 2.24) is 5.32 Å². The van der Waals surface area contributed by atoms with E-state index in [0.29, 0.717) is 11.4 Å². The molecule has 0 atom stereocenters. The first-order valence-corrected chi connectivity index (χ1v) is 5.85. The summed E-state index contributed by atoms with van der Waals surface area (Å²) in [6, 6.07) is 6.65. The predicted molar refractivity (Wildman–Crippen MR) is 62.8 cm³/mol. The SMILES string of the molecule is CCNC(=O)CSc1ccccc1C(=O)O. The molecule has 2 N–H and O–H groups in total. The van der Waals surface area contributed by atoms with Crippen molar-refractivity contribution in [2.45, 2.75) is 11.8 Å². The summed E-state index contributed by atoms with van der Waals surface area (Å²) < 4.78 is 0. The van der Waals surface area contributed by atoms with E-state index in [-0.39, 0.29) is 17.2 Å². The van der Waals surface area contributed by atoms with Crippen molar-refractivity contribution < 1.29 is 14.7 Å². The van der Waals surface area contributed by atoms with Crippen LogP contribution in [0, 0.1) is 0 Å². The maximum atomic E-state index is 11.2. The lowest BCUT2D eigenvalue weighted by molar-refractivity contribution is -0.118. The van der Waals surface area contributed by atoms with Gasteiger partial charge in [-0.05, 0) is 19.1 Å². The highest BCUT2D eigenvalue weighted by Gasteiger charge is 2.10. The van der Waals surface area contributed by atoms with Gasteiger partial charge in [0.05, 0.1) is 11.3 Å². The molecule has 0 spiro atoms. The molecule has 0 aromatic heterocycles. The fourth-order valence-electron chi connectivity index (χ4n) is 1.16. The fourth-order valence-corrected chi connectivity index (χ4v) is 2.03. The van der Waals surface area contributed by atoms with Gasteiger partial charge in [0, 0.05) is 11.4 Å². The van der Waals surface area contributed by atoms with Gasteiger partial charge >= 0.3 is 5.97 Å². The number of thioether (sulfide) groups is 1. The minimum atomic E-state index is -0.973. The quantitative estimate of drug-likeness (QED) is 0.766. The molecule has 5 heteroatoms. The molecular weight excluding hydrogens is 226 g/mol. The number of aromatic carboxylic acids is 1. The zero-order valence-electron chi connectivity index (χ0n) is 8.90. The second kappa shape index (κ2) is 6.17. The summed E-state index contributed by atoms with van der Waals surface area (Å²) in [6.07, 6.45) is 0. The number of carboxylic acids is 1. The number of benzene rings is 1. The first kappa shape index (κ1) is 12.6. The summed E-state index contributed by atoms with van der Waals surface area (Å²) in [7, 11) is 0. The largest absolute Gasteiger partial charge is 0.478 e. The van der Waals surface area contributed by atoms with E-state index in [1.807, 2.05) is 6.92 Å². The normalized spacial score (nSPS) is 9.81. The average Bonchev–Trinajstić information content (AvgIpc) is 2.27. The molecule has 86 valence electrons. The van der Waals surface area contributed by atoms with Crippen LogP contribution in [0.25, 0.3) is 0 Å². The van der Waals surface area contributed by atoms with Gasteiger partial charge in [0.1, 0.15) is 0 Å². The number of carboxylic acid groups (broad SMARTS) is 1. The third-order valence-electron chi connectivity index (χ3n) is 1.85. The van der Waals surface area contributed by atoms with Crippen LogP contribution in [-0.2, 0) is 4.79 Å². The highest BCUT2D eigenvalue weighted by Crippen LogP contribution is 2.22. The molecule has 0 aliphatic rings. The molecule has 0 saturated heterocycles. The molecule has 0 radical (unpaired) electrons. The van der Waals surface area contributed by atoms with Gasteiger partial charge in [-0.2, -0.15) is 0 Å². The van der Waals surface area contributed by atoms with Crippen molar-refractivity contribution in [1.29, 1.82) is 0 Å². The fraction of sp³-hybridized carbons (Fsp3) is 0.273. The summed E-state index contributed by atoms with van der Waals surface area (Å²) >= 11 is 1.23. The van der Waals surface area contributed by atoms with Crippen LogP contribution < -0.4 is 5.32 Å². The lowest BCUT2D eigenvalue weighted by Gasteiger charge is -2.05. The van der Waals surface area contributed by atoms with E-state index in [1.165, 1.54) is 17.8 Å². The molecule has 0 aliphatic carbocycles. The molecule has 1 aromatic carbocycles. The van der Waals surface area contributed by atoms with Crippen molar-refractivity contribution in [2.75, 3.05) is 12.3 Å². The van der Waals surface area contributed by atoms with Gasteiger partial charge in [0.2, 0.25) is 5.91 Å². The Morgan fingerprint density at radius 1 is 1.38 bits per heavy atom. The van der Waals surface area contributed by atoms with Crippen LogP contribution in [0.1, 0.15) is 17.3 Å². The molecule has 4 nitrogen and oxygen atoms in total. The Bertz CT molecular complexity index is 393. The van der Waals surface area contributed by atoms with E-state index in [4.69, 9.17) is 5.11 Å². The van der Waals surface area contributed by atoms with Crippen LogP contribution in [0.5, 0.6) is 0 Å². The zero-order chi connectivity index (χ0) is 12.0. The lowest BCUT2D eigenvalue weighted by Crippen LogP contribution is -2.24. The monoisotopic (exact) mass is 239 g/mol. The van der Waals surface area contributed by atoms with Gasteiger partial charge in [-0.15, -0.1) is 11.8 Å². The molecule has 1 aromatic rings. The van der Waals surface area contributed by atoms with Gasteiger partial charge in [-0.25, -0.2) is 4.79 Å². The third-order valence-corrected chi connectivity index (χ3v) is 2.92. The van der Waals surface area contributed by atoms with Gasteiger partial charge in [0.15, 0.2) is 0 Å². The van der Waals surface area contributed by atoms with E-state index < -0.39 is 5.97 Å². The maximum Gasteiger partial charge on any atom is 0.336 e. The summed E-state index contributed by atoms with van der Waals surface area (Å²) in [5.41, 5.74) is 0.233. The lowest BCUT2D eigenvalue weighted by atomic mass is 10.2. The smallest absolute Gasteiger partial charge is 0.336 e. The standard InChI is InChI=1S/C11H13NO3S/c1-2-12-10(13)7-16-9-6-4-3-5-8(9)11(14)15/h3-6H,2,7H2,1H3,(H,12,13)(H,14,15). The van der Waals surface area contributed by atoms with Crippen LogP contribution in [0.3, 0.4) is 0 Å². The van der Waals surface area contributed by atoms with E-state index in [0.717, 1.165) is 0 Å². The van der Waals surface area contributed by atoms with Crippen LogP contribution >= 0.6 is 11.8 Å². The number of nitrogens with one attached hydrogen (secondary N) is 1. The van der Waals surface area contributed by atoms with Crippen LogP contribution in [0.2, 0.25) is 0 Å². The molecule has 0 unspecified atom stereocenters. The maximum absolute atomic E-state index is 11.2. The molecule has 16 heavy (non-hydrogen) atoms. The number of hydrogen-bond acceptors (Lipinski definition) is 3. The Kier molecular flexibility index (Phi) is 4.85. The Morgan fingerprint density at radius 3 is 2.69 bits per heavy atom. The van der Waals surface area contributed by atoms with Crippen molar-refractivity contribution in [2.24, 2.45) is 0 Å². The minimum Gasteiger partial charge on any atom is -0.478 e. The van der Waals surface area contributed by atoms with Crippen LogP contribution in [0.4, 0.5) is 0 Å². The molecule has 0 heterocycles. The van der Waals surface area contributed by atoms with Crippen molar-refractivity contribution in [3.05, 3.63) is 29.8 Å². The second-order valence-corrected chi connectivity index (χ2v) is 4.06. The molecule has 0 bridgehead atoms. The second-order valence-electron chi connectivity index (χ2n) is 3.04. The van der Waals surface area contributed by atoms with Crippen LogP contribution in [0.15, 0.2) is 29.2 Å². The molecular formula is C11H13NO3S. The minimum absolute atomic E-state index is 0.0901. The van der Waals surface area contributed by atoms with Gasteiger partial charge in [0.25, 0.3) is 0 Å². The number of rotatable bonds is 5. The van der Waals surface area contributed by atoms with E-state index in [1.54, 1.807) is 18.2 Å². The molecule has 0 aliphatic heterocycles. The number of carbonyl (C=O) groups is 2. The number of hydrogen-bond donors (Lipinski definition) is 2. The van der Waals surface area contributed by atoms with Crippen LogP contribution in [-0.4, -0.2) is 29.3 Å². The topological polar surface area (TPSA) is 66.4 Å². The molecule has 1 amide bonds. The Morgan fingerprint density at radius 2 is 2.06 bits per heavy atom. The summed E-state index contributed by atoms with van der Waals surface area (Å²) in [6.45, 7) is 2.42. The van der Waals surface area contributed by atoms with Crippen molar-refractivity contribution in [3.8, 4) is 0 Å². The highest BCUT2D eigenvalue weighted by atomic mass is 32.2. The highest BCUT2D eigenvalue weighted by molar-refractivity contribution is 8.00. The Balaban J connectivity index is 2.66. The van der Waals surface area contributed by atoms with Crippen molar-refractivity contribution in [3.63, 3.8) is 0 Å². The Hall–Kier alpha value is -1.49. The van der Waals surface area contributed by atoms with Gasteiger partial charge < -0.3 is 10.4 Å². The first-order chi connectivity index (χ1) is 7.65. The molecule has 0 fully saturated rings. The third kappa shape index (κ3) is 3.58. The number of carbonyl (C=O) groups excluding carboxylic acids is 1. The van der Waals surface area contributed by atoms with E-state index >= 15 is 0 Å². The molecule has 0 saturated carbocycles.